The van der Waals surface area contributed by atoms with Crippen molar-refractivity contribution in [3.63, 3.8) is 0 Å². The van der Waals surface area contributed by atoms with Crippen molar-refractivity contribution in [2.24, 2.45) is 0 Å². The van der Waals surface area contributed by atoms with Crippen LogP contribution in [-0.2, 0) is 4.79 Å². The SMILES string of the molecule is COc1cccc(C(=O)N2CCCN(CC(=O)NC(C)(C)C)CC2)c1. The summed E-state index contributed by atoms with van der Waals surface area (Å²) in [4.78, 5) is 28.8. The van der Waals surface area contributed by atoms with Gasteiger partial charge in [-0.05, 0) is 45.4 Å². The molecule has 1 aliphatic heterocycles. The smallest absolute Gasteiger partial charge is 0.254 e. The fraction of sp³-hybridized carbons (Fsp3) is 0.579. The molecule has 0 aromatic heterocycles. The number of ether oxygens (including phenoxy) is 1. The lowest BCUT2D eigenvalue weighted by atomic mass is 10.1. The monoisotopic (exact) mass is 347 g/mol. The lowest BCUT2D eigenvalue weighted by Gasteiger charge is -2.25. The van der Waals surface area contributed by atoms with Crippen molar-refractivity contribution in [1.82, 2.24) is 15.1 Å². The number of hydrogen-bond donors (Lipinski definition) is 1. The summed E-state index contributed by atoms with van der Waals surface area (Å²) in [6.45, 7) is 9.14. The number of methoxy groups -OCH3 is 1. The van der Waals surface area contributed by atoms with Gasteiger partial charge in [0.1, 0.15) is 5.75 Å². The van der Waals surface area contributed by atoms with Crippen LogP contribution < -0.4 is 10.1 Å². The summed E-state index contributed by atoms with van der Waals surface area (Å²) in [5, 5.41) is 2.98. The van der Waals surface area contributed by atoms with E-state index in [9.17, 15) is 9.59 Å². The molecule has 6 heteroatoms. The fourth-order valence-electron chi connectivity index (χ4n) is 2.93. The molecular weight excluding hydrogens is 318 g/mol. The molecule has 138 valence electrons. The molecule has 0 unspecified atom stereocenters. The van der Waals surface area contributed by atoms with Crippen LogP contribution in [0.15, 0.2) is 24.3 Å². The molecule has 1 heterocycles. The molecule has 1 saturated heterocycles. The lowest BCUT2D eigenvalue weighted by molar-refractivity contribution is -0.123. The largest absolute Gasteiger partial charge is 0.497 e. The number of rotatable bonds is 4. The molecule has 0 saturated carbocycles. The van der Waals surface area contributed by atoms with Crippen LogP contribution in [0.2, 0.25) is 0 Å². The Kier molecular flexibility index (Phi) is 6.42. The standard InChI is InChI=1S/C19H29N3O3/c1-19(2,3)20-17(23)14-21-9-6-10-22(12-11-21)18(24)15-7-5-8-16(13-15)25-4/h5,7-8,13H,6,9-12,14H2,1-4H3,(H,20,23). The van der Waals surface area contributed by atoms with Gasteiger partial charge >= 0.3 is 0 Å². The van der Waals surface area contributed by atoms with Crippen molar-refractivity contribution >= 4 is 11.8 Å². The van der Waals surface area contributed by atoms with Gasteiger partial charge in [0, 0.05) is 37.3 Å². The first kappa shape index (κ1) is 19.2. The Morgan fingerprint density at radius 2 is 1.92 bits per heavy atom. The van der Waals surface area contributed by atoms with Gasteiger partial charge in [0.2, 0.25) is 5.91 Å². The highest BCUT2D eigenvalue weighted by atomic mass is 16.5. The molecular formula is C19H29N3O3. The first-order chi connectivity index (χ1) is 11.8. The van der Waals surface area contributed by atoms with Crippen molar-refractivity contribution in [2.45, 2.75) is 32.7 Å². The van der Waals surface area contributed by atoms with Crippen molar-refractivity contribution in [1.29, 1.82) is 0 Å². The van der Waals surface area contributed by atoms with Crippen molar-refractivity contribution in [2.75, 3.05) is 39.8 Å². The normalized spacial score (nSPS) is 16.2. The second kappa shape index (κ2) is 8.34. The second-order valence-corrected chi connectivity index (χ2v) is 7.45. The number of carbonyl (C=O) groups is 2. The third-order valence-corrected chi connectivity index (χ3v) is 4.07. The van der Waals surface area contributed by atoms with Gasteiger partial charge in [0.15, 0.2) is 0 Å². The number of amides is 2. The van der Waals surface area contributed by atoms with Gasteiger partial charge in [0.25, 0.3) is 5.91 Å². The maximum absolute atomic E-state index is 12.7. The zero-order valence-electron chi connectivity index (χ0n) is 15.7. The first-order valence-electron chi connectivity index (χ1n) is 8.75. The maximum atomic E-state index is 12.7. The maximum Gasteiger partial charge on any atom is 0.254 e. The molecule has 6 nitrogen and oxygen atoms in total. The van der Waals surface area contributed by atoms with Gasteiger partial charge < -0.3 is 15.0 Å². The molecule has 1 fully saturated rings. The number of nitrogens with one attached hydrogen (secondary N) is 1. The van der Waals surface area contributed by atoms with Gasteiger partial charge in [-0.15, -0.1) is 0 Å². The number of benzene rings is 1. The molecule has 1 aromatic carbocycles. The molecule has 0 atom stereocenters. The highest BCUT2D eigenvalue weighted by Crippen LogP contribution is 2.15. The zero-order chi connectivity index (χ0) is 18.4. The Morgan fingerprint density at radius 1 is 1.16 bits per heavy atom. The fourth-order valence-corrected chi connectivity index (χ4v) is 2.93. The Hall–Kier alpha value is -2.08. The molecule has 25 heavy (non-hydrogen) atoms. The molecule has 2 rings (SSSR count). The van der Waals surface area contributed by atoms with E-state index in [-0.39, 0.29) is 17.4 Å². The van der Waals surface area contributed by atoms with E-state index >= 15 is 0 Å². The summed E-state index contributed by atoms with van der Waals surface area (Å²) in [7, 11) is 1.59. The quantitative estimate of drug-likeness (QED) is 0.901. The summed E-state index contributed by atoms with van der Waals surface area (Å²) < 4.78 is 5.19. The molecule has 0 aliphatic carbocycles. The van der Waals surface area contributed by atoms with Crippen LogP contribution >= 0.6 is 0 Å². The van der Waals surface area contributed by atoms with Crippen LogP contribution in [0.3, 0.4) is 0 Å². The summed E-state index contributed by atoms with van der Waals surface area (Å²) in [5.41, 5.74) is 0.412. The van der Waals surface area contributed by atoms with E-state index < -0.39 is 0 Å². The Balaban J connectivity index is 1.92. The van der Waals surface area contributed by atoms with Gasteiger partial charge in [0.05, 0.1) is 13.7 Å². The summed E-state index contributed by atoms with van der Waals surface area (Å²) in [6, 6.07) is 7.23. The Labute approximate surface area is 150 Å². The van der Waals surface area contributed by atoms with Crippen LogP contribution in [0.25, 0.3) is 0 Å². The Bertz CT molecular complexity index is 610. The van der Waals surface area contributed by atoms with E-state index in [2.05, 4.69) is 10.2 Å². The number of carbonyl (C=O) groups excluding carboxylic acids is 2. The van der Waals surface area contributed by atoms with E-state index in [1.165, 1.54) is 0 Å². The predicted octanol–water partition coefficient (Wildman–Crippen LogP) is 1.76. The average molecular weight is 347 g/mol. The summed E-state index contributed by atoms with van der Waals surface area (Å²) in [6.07, 6.45) is 0.860. The molecule has 0 radical (unpaired) electrons. The second-order valence-electron chi connectivity index (χ2n) is 7.45. The van der Waals surface area contributed by atoms with E-state index in [0.717, 1.165) is 13.0 Å². The van der Waals surface area contributed by atoms with Crippen LogP contribution in [-0.4, -0.2) is 67.0 Å². The highest BCUT2D eigenvalue weighted by molar-refractivity contribution is 5.94. The van der Waals surface area contributed by atoms with Gasteiger partial charge in [-0.1, -0.05) is 6.07 Å². The lowest BCUT2D eigenvalue weighted by Crippen LogP contribution is -2.46. The van der Waals surface area contributed by atoms with Gasteiger partial charge in [-0.25, -0.2) is 0 Å². The molecule has 1 aromatic rings. The molecule has 0 spiro atoms. The third kappa shape index (κ3) is 6.05. The molecule has 1 N–H and O–H groups in total. The minimum absolute atomic E-state index is 0.0138. The van der Waals surface area contributed by atoms with E-state index in [4.69, 9.17) is 4.74 Å². The summed E-state index contributed by atoms with van der Waals surface area (Å²) >= 11 is 0. The number of nitrogens with zero attached hydrogens (tertiary/aromatic N) is 2. The molecule has 1 aliphatic rings. The topological polar surface area (TPSA) is 61.9 Å². The third-order valence-electron chi connectivity index (χ3n) is 4.07. The van der Waals surface area contributed by atoms with Crippen LogP contribution in [0.1, 0.15) is 37.6 Å². The van der Waals surface area contributed by atoms with Crippen molar-refractivity contribution in [3.8, 4) is 5.75 Å². The van der Waals surface area contributed by atoms with Gasteiger partial charge in [-0.3, -0.25) is 14.5 Å². The minimum Gasteiger partial charge on any atom is -0.497 e. The Morgan fingerprint density at radius 3 is 2.60 bits per heavy atom. The van der Waals surface area contributed by atoms with E-state index in [1.807, 2.05) is 43.9 Å². The van der Waals surface area contributed by atoms with Crippen LogP contribution in [0.5, 0.6) is 5.75 Å². The average Bonchev–Trinajstić information content (AvgIpc) is 2.78. The van der Waals surface area contributed by atoms with Crippen molar-refractivity contribution < 1.29 is 14.3 Å². The van der Waals surface area contributed by atoms with Crippen molar-refractivity contribution in [3.05, 3.63) is 29.8 Å². The predicted molar refractivity (Wildman–Crippen MR) is 97.9 cm³/mol. The van der Waals surface area contributed by atoms with Gasteiger partial charge in [-0.2, -0.15) is 0 Å². The summed E-state index contributed by atoms with van der Waals surface area (Å²) in [5.74, 6) is 0.723. The van der Waals surface area contributed by atoms with E-state index in [1.54, 1.807) is 13.2 Å². The number of hydrogen-bond acceptors (Lipinski definition) is 4. The van der Waals surface area contributed by atoms with Crippen LogP contribution in [0, 0.1) is 0 Å². The molecule has 2 amide bonds. The highest BCUT2D eigenvalue weighted by Gasteiger charge is 2.22. The molecule has 0 bridgehead atoms. The van der Waals surface area contributed by atoms with Crippen LogP contribution in [0.4, 0.5) is 0 Å². The zero-order valence-corrected chi connectivity index (χ0v) is 15.7. The first-order valence-corrected chi connectivity index (χ1v) is 8.75. The minimum atomic E-state index is -0.225. The van der Waals surface area contributed by atoms with E-state index in [0.29, 0.717) is 37.5 Å².